The van der Waals surface area contributed by atoms with Crippen LogP contribution in [0.25, 0.3) is 0 Å². The first kappa shape index (κ1) is 37.5. The number of hydrogen-bond acceptors (Lipinski definition) is 4. The third kappa shape index (κ3) is 11.7. The highest BCUT2D eigenvalue weighted by Crippen LogP contribution is 2.37. The number of esters is 1. The van der Waals surface area contributed by atoms with Gasteiger partial charge in [-0.2, -0.15) is 0 Å². The number of allylic oxidation sites excluding steroid dienone is 1. The highest BCUT2D eigenvalue weighted by Gasteiger charge is 2.50. The Morgan fingerprint density at radius 3 is 1.65 bits per heavy atom. The Bertz CT molecular complexity index is 1220. The van der Waals surface area contributed by atoms with Gasteiger partial charge in [-0.25, -0.2) is 4.79 Å². The molecule has 0 saturated heterocycles. The van der Waals surface area contributed by atoms with Crippen LogP contribution in [0, 0.1) is 0 Å². The molecule has 0 fully saturated rings. The largest absolute Gasteiger partial charge is 0.453 e. The van der Waals surface area contributed by atoms with Crippen LogP contribution >= 0.6 is 0 Å². The summed E-state index contributed by atoms with van der Waals surface area (Å²) in [5.74, 6) is -0.370. The van der Waals surface area contributed by atoms with Crippen molar-refractivity contribution in [2.45, 2.75) is 122 Å². The molecule has 4 nitrogen and oxygen atoms in total. The third-order valence-corrected chi connectivity index (χ3v) is 13.9. The predicted molar refractivity (Wildman–Crippen MR) is 197 cm³/mol. The van der Waals surface area contributed by atoms with Crippen molar-refractivity contribution in [2.75, 3.05) is 6.61 Å². The zero-order chi connectivity index (χ0) is 33.1. The first-order valence-electron chi connectivity index (χ1n) is 17.7. The lowest BCUT2D eigenvalue weighted by atomic mass is 10.0. The molecule has 3 rings (SSSR count). The van der Waals surface area contributed by atoms with Gasteiger partial charge in [0.15, 0.2) is 0 Å². The number of nitrogens with two attached hydrogens (primary N) is 1. The van der Waals surface area contributed by atoms with Gasteiger partial charge in [-0.1, -0.05) is 177 Å². The van der Waals surface area contributed by atoms with Gasteiger partial charge in [-0.15, -0.1) is 0 Å². The van der Waals surface area contributed by atoms with Crippen LogP contribution < -0.4 is 16.1 Å². The smallest absolute Gasteiger partial charge is 0.338 e. The maximum atomic E-state index is 13.2. The summed E-state index contributed by atoms with van der Waals surface area (Å²) >= 11 is 0. The monoisotopic (exact) mass is 641 g/mol. The van der Waals surface area contributed by atoms with E-state index in [-0.39, 0.29) is 17.6 Å². The van der Waals surface area contributed by atoms with E-state index in [1.165, 1.54) is 74.6 Å². The van der Waals surface area contributed by atoms with Crippen LogP contribution in [0.1, 0.15) is 115 Å². The van der Waals surface area contributed by atoms with Gasteiger partial charge in [-0.3, -0.25) is 0 Å². The van der Waals surface area contributed by atoms with Crippen molar-refractivity contribution < 1.29 is 14.0 Å². The highest BCUT2D eigenvalue weighted by atomic mass is 28.4. The first-order valence-corrected chi connectivity index (χ1v) is 19.6. The van der Waals surface area contributed by atoms with Crippen molar-refractivity contribution in [3.05, 3.63) is 109 Å². The molecule has 0 aliphatic rings. The maximum absolute atomic E-state index is 13.2. The molecular weight excluding hydrogens is 583 g/mol. The second-order valence-electron chi connectivity index (χ2n) is 13.6. The van der Waals surface area contributed by atoms with E-state index in [2.05, 4.69) is 82.3 Å². The van der Waals surface area contributed by atoms with E-state index < -0.39 is 20.5 Å². The number of unbranched alkanes of at least 4 members (excludes halogenated alkanes) is 11. The number of carbonyl (C=O) groups is 1. The molecule has 0 amide bonds. The fourth-order valence-electron chi connectivity index (χ4n) is 6.27. The molecule has 46 heavy (non-hydrogen) atoms. The molecule has 0 aliphatic carbocycles. The second-order valence-corrected chi connectivity index (χ2v) is 17.9. The number of rotatable bonds is 21. The summed E-state index contributed by atoms with van der Waals surface area (Å²) in [7, 11) is -2.78. The number of ether oxygens (including phenoxy) is 1. The molecule has 0 aliphatic heterocycles. The van der Waals surface area contributed by atoms with Gasteiger partial charge < -0.3 is 14.9 Å². The van der Waals surface area contributed by atoms with E-state index in [1.807, 2.05) is 36.4 Å². The zero-order valence-electron chi connectivity index (χ0n) is 29.0. The summed E-state index contributed by atoms with van der Waals surface area (Å²) in [4.78, 5) is 13.2. The third-order valence-electron chi connectivity index (χ3n) is 8.88. The molecule has 3 aromatic carbocycles. The SMILES string of the molecule is CCCCCCCCCCCCC/C=C/[C@@H](OC(=O)c1ccccc1)[C@@H](N)CO[Si](c1ccccc1)(c1ccccc1)C(C)(C)C. The van der Waals surface area contributed by atoms with E-state index >= 15 is 0 Å². The quantitative estimate of drug-likeness (QED) is 0.0545. The molecule has 2 atom stereocenters. The first-order chi connectivity index (χ1) is 22.3. The molecule has 0 aromatic heterocycles. The standard InChI is InChI=1S/C41H59NO3Si/c1-5-6-7-8-9-10-11-12-13-14-15-16-26-33-39(45-40(43)35-27-20-17-21-28-35)38(42)34-44-46(41(2,3)4,36-29-22-18-23-30-36)37-31-24-19-25-32-37/h17-33,38-39H,5-16,34,42H2,1-4H3/b33-26+/t38-,39+/m0/s1. The van der Waals surface area contributed by atoms with Crippen molar-refractivity contribution in [3.8, 4) is 0 Å². The molecular formula is C41H59NO3Si. The Morgan fingerprint density at radius 2 is 1.17 bits per heavy atom. The van der Waals surface area contributed by atoms with Crippen molar-refractivity contribution in [1.29, 1.82) is 0 Å². The Morgan fingerprint density at radius 1 is 0.717 bits per heavy atom. The summed E-state index contributed by atoms with van der Waals surface area (Å²) in [6.07, 6.45) is 19.0. The lowest BCUT2D eigenvalue weighted by molar-refractivity contribution is 0.0309. The molecule has 0 radical (unpaired) electrons. The Balaban J connectivity index is 1.67. The van der Waals surface area contributed by atoms with Gasteiger partial charge in [0.2, 0.25) is 0 Å². The van der Waals surface area contributed by atoms with E-state index in [0.717, 1.165) is 12.8 Å². The molecule has 0 heterocycles. The van der Waals surface area contributed by atoms with Crippen LogP contribution in [0.15, 0.2) is 103 Å². The number of hydrogen-bond donors (Lipinski definition) is 1. The summed E-state index contributed by atoms with van der Waals surface area (Å²) in [5.41, 5.74) is 7.39. The van der Waals surface area contributed by atoms with Crippen LogP contribution in [-0.2, 0) is 9.16 Å². The van der Waals surface area contributed by atoms with Gasteiger partial charge in [0.05, 0.1) is 18.2 Å². The molecule has 3 aromatic rings. The van der Waals surface area contributed by atoms with Crippen LogP contribution in [0.2, 0.25) is 5.04 Å². The fraction of sp³-hybridized carbons (Fsp3) is 0.488. The lowest BCUT2D eigenvalue weighted by Gasteiger charge is -2.43. The molecule has 0 bridgehead atoms. The molecule has 250 valence electrons. The minimum absolute atomic E-state index is 0.170. The van der Waals surface area contributed by atoms with E-state index in [9.17, 15) is 4.79 Å². The minimum Gasteiger partial charge on any atom is -0.453 e. The van der Waals surface area contributed by atoms with Crippen LogP contribution in [0.3, 0.4) is 0 Å². The predicted octanol–water partition coefficient (Wildman–Crippen LogP) is 9.37. The topological polar surface area (TPSA) is 61.5 Å². The molecule has 0 spiro atoms. The maximum Gasteiger partial charge on any atom is 0.338 e. The van der Waals surface area contributed by atoms with Gasteiger partial charge in [0, 0.05) is 0 Å². The van der Waals surface area contributed by atoms with Crippen molar-refractivity contribution >= 4 is 24.7 Å². The van der Waals surface area contributed by atoms with Gasteiger partial charge in [-0.05, 0) is 46.5 Å². The van der Waals surface area contributed by atoms with Gasteiger partial charge in [0.1, 0.15) is 6.10 Å². The van der Waals surface area contributed by atoms with Gasteiger partial charge >= 0.3 is 5.97 Å². The average Bonchev–Trinajstić information content (AvgIpc) is 3.07. The summed E-state index contributed by atoms with van der Waals surface area (Å²) in [5, 5.41) is 2.23. The van der Waals surface area contributed by atoms with E-state index in [4.69, 9.17) is 14.9 Å². The minimum atomic E-state index is -2.78. The normalized spacial score (nSPS) is 13.5. The second kappa shape index (κ2) is 20.3. The Hall–Kier alpha value is -2.99. The van der Waals surface area contributed by atoms with Crippen molar-refractivity contribution in [3.63, 3.8) is 0 Å². The van der Waals surface area contributed by atoms with Crippen molar-refractivity contribution in [2.24, 2.45) is 5.73 Å². The molecule has 5 heteroatoms. The molecule has 0 unspecified atom stereocenters. The summed E-state index contributed by atoms with van der Waals surface area (Å²) in [6.45, 7) is 9.30. The fourth-order valence-corrected chi connectivity index (χ4v) is 10.9. The number of carbonyl (C=O) groups excluding carboxylic acids is 1. The van der Waals surface area contributed by atoms with Crippen LogP contribution in [-0.4, -0.2) is 33.0 Å². The Labute approximate surface area is 280 Å². The van der Waals surface area contributed by atoms with Gasteiger partial charge in [0.25, 0.3) is 8.32 Å². The van der Waals surface area contributed by atoms with Crippen LogP contribution in [0.5, 0.6) is 0 Å². The Kier molecular flexibility index (Phi) is 16.5. The average molecular weight is 642 g/mol. The van der Waals surface area contributed by atoms with E-state index in [0.29, 0.717) is 5.56 Å². The molecule has 0 saturated carbocycles. The lowest BCUT2D eigenvalue weighted by Crippen LogP contribution is -2.67. The van der Waals surface area contributed by atoms with Crippen LogP contribution in [0.4, 0.5) is 0 Å². The van der Waals surface area contributed by atoms with E-state index in [1.54, 1.807) is 12.1 Å². The molecule has 2 N–H and O–H groups in total. The van der Waals surface area contributed by atoms with Crippen molar-refractivity contribution in [1.82, 2.24) is 0 Å². The highest BCUT2D eigenvalue weighted by molar-refractivity contribution is 6.99. The number of benzene rings is 3. The summed E-state index contributed by atoms with van der Waals surface area (Å²) in [6, 6.07) is 29.7. The zero-order valence-corrected chi connectivity index (χ0v) is 30.0. The summed E-state index contributed by atoms with van der Waals surface area (Å²) < 4.78 is 13.2.